The first-order chi connectivity index (χ1) is 9.93. The normalized spacial score (nSPS) is 11.3. The van der Waals surface area contributed by atoms with Crippen LogP contribution < -0.4 is 4.90 Å². The first-order valence-corrected chi connectivity index (χ1v) is 7.04. The summed E-state index contributed by atoms with van der Waals surface area (Å²) < 4.78 is 13.4. The van der Waals surface area contributed by atoms with Crippen LogP contribution in [0.25, 0.3) is 6.08 Å². The SMILES string of the molecule is CCCN(CCN(C)C)c1ccc(F)cc1C=CC(=O)O. The fourth-order valence-corrected chi connectivity index (χ4v) is 2.05. The van der Waals surface area contributed by atoms with Crippen molar-refractivity contribution in [3.8, 4) is 0 Å². The van der Waals surface area contributed by atoms with Gasteiger partial charge < -0.3 is 14.9 Å². The van der Waals surface area contributed by atoms with E-state index in [4.69, 9.17) is 5.11 Å². The van der Waals surface area contributed by atoms with E-state index in [1.165, 1.54) is 18.2 Å². The zero-order valence-electron chi connectivity index (χ0n) is 12.8. The van der Waals surface area contributed by atoms with Crippen LogP contribution in [-0.2, 0) is 4.79 Å². The molecule has 1 aromatic carbocycles. The van der Waals surface area contributed by atoms with Gasteiger partial charge in [-0.3, -0.25) is 0 Å². The molecule has 0 heterocycles. The van der Waals surface area contributed by atoms with E-state index >= 15 is 0 Å². The van der Waals surface area contributed by atoms with Crippen molar-refractivity contribution in [1.82, 2.24) is 4.90 Å². The number of aliphatic carboxylic acids is 1. The minimum Gasteiger partial charge on any atom is -0.478 e. The molecule has 5 heteroatoms. The molecule has 0 saturated carbocycles. The third-order valence-electron chi connectivity index (χ3n) is 3.05. The van der Waals surface area contributed by atoms with Crippen molar-refractivity contribution in [2.45, 2.75) is 13.3 Å². The summed E-state index contributed by atoms with van der Waals surface area (Å²) in [7, 11) is 4.00. The van der Waals surface area contributed by atoms with E-state index in [-0.39, 0.29) is 5.82 Å². The standard InChI is InChI=1S/C16H23FN2O2/c1-4-9-19(11-10-18(2)3)15-7-6-14(17)12-13(15)5-8-16(20)21/h5-8,12H,4,9-11H2,1-3H3,(H,20,21). The van der Waals surface area contributed by atoms with E-state index in [2.05, 4.69) is 16.7 Å². The highest BCUT2D eigenvalue weighted by atomic mass is 19.1. The second-order valence-corrected chi connectivity index (χ2v) is 5.17. The Bertz CT molecular complexity index is 501. The van der Waals surface area contributed by atoms with Gasteiger partial charge in [0.15, 0.2) is 0 Å². The van der Waals surface area contributed by atoms with Crippen molar-refractivity contribution in [1.29, 1.82) is 0 Å². The molecule has 0 aliphatic rings. The lowest BCUT2D eigenvalue weighted by Crippen LogP contribution is -2.32. The maximum absolute atomic E-state index is 13.4. The molecule has 0 saturated heterocycles. The van der Waals surface area contributed by atoms with Crippen molar-refractivity contribution in [3.63, 3.8) is 0 Å². The smallest absolute Gasteiger partial charge is 0.328 e. The molecule has 0 fully saturated rings. The summed E-state index contributed by atoms with van der Waals surface area (Å²) in [4.78, 5) is 14.9. The van der Waals surface area contributed by atoms with E-state index in [1.54, 1.807) is 6.07 Å². The highest BCUT2D eigenvalue weighted by Crippen LogP contribution is 2.23. The Kier molecular flexibility index (Phi) is 6.88. The number of carboxylic acids is 1. The van der Waals surface area contributed by atoms with Gasteiger partial charge in [-0.1, -0.05) is 6.92 Å². The van der Waals surface area contributed by atoms with Crippen LogP contribution in [0.3, 0.4) is 0 Å². The predicted octanol–water partition coefficient (Wildman–Crippen LogP) is 2.70. The third kappa shape index (κ3) is 5.95. The molecule has 0 aromatic heterocycles. The van der Waals surface area contributed by atoms with Crippen LogP contribution in [0.15, 0.2) is 24.3 Å². The number of carbonyl (C=O) groups is 1. The maximum atomic E-state index is 13.4. The zero-order chi connectivity index (χ0) is 15.8. The van der Waals surface area contributed by atoms with Crippen molar-refractivity contribution < 1.29 is 14.3 Å². The summed E-state index contributed by atoms with van der Waals surface area (Å²) in [6.45, 7) is 4.60. The van der Waals surface area contributed by atoms with Crippen LogP contribution in [-0.4, -0.2) is 49.7 Å². The largest absolute Gasteiger partial charge is 0.478 e. The fourth-order valence-electron chi connectivity index (χ4n) is 2.05. The van der Waals surface area contributed by atoms with Crippen molar-refractivity contribution in [3.05, 3.63) is 35.7 Å². The summed E-state index contributed by atoms with van der Waals surface area (Å²) >= 11 is 0. The third-order valence-corrected chi connectivity index (χ3v) is 3.05. The summed E-state index contributed by atoms with van der Waals surface area (Å²) in [6, 6.07) is 4.49. The van der Waals surface area contributed by atoms with Gasteiger partial charge >= 0.3 is 5.97 Å². The quantitative estimate of drug-likeness (QED) is 0.749. The number of hydrogen-bond donors (Lipinski definition) is 1. The van der Waals surface area contributed by atoms with E-state index in [1.807, 2.05) is 14.1 Å². The summed E-state index contributed by atoms with van der Waals surface area (Å²) in [6.07, 6.45) is 3.44. The van der Waals surface area contributed by atoms with Crippen molar-refractivity contribution >= 4 is 17.7 Å². The molecule has 0 spiro atoms. The van der Waals surface area contributed by atoms with E-state index in [0.29, 0.717) is 5.56 Å². The molecule has 21 heavy (non-hydrogen) atoms. The first kappa shape index (κ1) is 17.2. The lowest BCUT2D eigenvalue weighted by Gasteiger charge is -2.27. The fraction of sp³-hybridized carbons (Fsp3) is 0.438. The Hall–Kier alpha value is -1.88. The zero-order valence-corrected chi connectivity index (χ0v) is 12.8. The Morgan fingerprint density at radius 2 is 2.00 bits per heavy atom. The number of carboxylic acid groups (broad SMARTS) is 1. The Balaban J connectivity index is 3.07. The molecule has 0 atom stereocenters. The molecule has 116 valence electrons. The Morgan fingerprint density at radius 3 is 2.57 bits per heavy atom. The van der Waals surface area contributed by atoms with Crippen LogP contribution in [0.1, 0.15) is 18.9 Å². The van der Waals surface area contributed by atoms with Gasteiger partial charge in [0.2, 0.25) is 0 Å². The van der Waals surface area contributed by atoms with E-state index in [0.717, 1.165) is 37.8 Å². The molecule has 1 aromatic rings. The van der Waals surface area contributed by atoms with Gasteiger partial charge in [-0.05, 0) is 44.8 Å². The van der Waals surface area contributed by atoms with Crippen LogP contribution in [0.5, 0.6) is 0 Å². The van der Waals surface area contributed by atoms with Gasteiger partial charge in [0.25, 0.3) is 0 Å². The lowest BCUT2D eigenvalue weighted by atomic mass is 10.1. The number of hydrogen-bond acceptors (Lipinski definition) is 3. The van der Waals surface area contributed by atoms with Gasteiger partial charge in [-0.25, -0.2) is 9.18 Å². The second-order valence-electron chi connectivity index (χ2n) is 5.17. The summed E-state index contributed by atoms with van der Waals surface area (Å²) in [5.41, 5.74) is 1.45. The Labute approximate surface area is 125 Å². The number of rotatable bonds is 8. The second kappa shape index (κ2) is 8.42. The topological polar surface area (TPSA) is 43.8 Å². The summed E-state index contributed by atoms with van der Waals surface area (Å²) in [5, 5.41) is 8.75. The Morgan fingerprint density at radius 1 is 1.29 bits per heavy atom. The number of halogens is 1. The average Bonchev–Trinajstić information content (AvgIpc) is 2.41. The summed E-state index contributed by atoms with van der Waals surface area (Å²) in [5.74, 6) is -1.41. The molecular formula is C16H23FN2O2. The maximum Gasteiger partial charge on any atom is 0.328 e. The minimum absolute atomic E-state index is 0.368. The van der Waals surface area contributed by atoms with Crippen LogP contribution in [0, 0.1) is 5.82 Å². The van der Waals surface area contributed by atoms with Gasteiger partial charge in [0, 0.05) is 37.0 Å². The van der Waals surface area contributed by atoms with Gasteiger partial charge in [0.05, 0.1) is 0 Å². The first-order valence-electron chi connectivity index (χ1n) is 7.04. The van der Waals surface area contributed by atoms with Crippen molar-refractivity contribution in [2.24, 2.45) is 0 Å². The lowest BCUT2D eigenvalue weighted by molar-refractivity contribution is -0.131. The molecule has 1 rings (SSSR count). The van der Waals surface area contributed by atoms with Crippen LogP contribution >= 0.6 is 0 Å². The minimum atomic E-state index is -1.04. The molecule has 0 amide bonds. The van der Waals surface area contributed by atoms with Crippen molar-refractivity contribution in [2.75, 3.05) is 38.6 Å². The highest BCUT2D eigenvalue weighted by Gasteiger charge is 2.11. The number of likely N-dealkylation sites (N-methyl/N-ethyl adjacent to an activating group) is 1. The molecule has 0 aliphatic carbocycles. The molecule has 0 bridgehead atoms. The van der Waals surface area contributed by atoms with Gasteiger partial charge in [0.1, 0.15) is 5.82 Å². The predicted molar refractivity (Wildman–Crippen MR) is 84.1 cm³/mol. The van der Waals surface area contributed by atoms with Crippen LogP contribution in [0.2, 0.25) is 0 Å². The molecule has 0 unspecified atom stereocenters. The monoisotopic (exact) mass is 294 g/mol. The molecule has 1 N–H and O–H groups in total. The van der Waals surface area contributed by atoms with E-state index in [9.17, 15) is 9.18 Å². The average molecular weight is 294 g/mol. The van der Waals surface area contributed by atoms with Gasteiger partial charge in [-0.15, -0.1) is 0 Å². The molecule has 0 aliphatic heterocycles. The highest BCUT2D eigenvalue weighted by molar-refractivity contribution is 5.87. The molecule has 0 radical (unpaired) electrons. The number of anilines is 1. The van der Waals surface area contributed by atoms with Crippen LogP contribution in [0.4, 0.5) is 10.1 Å². The number of benzene rings is 1. The number of nitrogens with zero attached hydrogens (tertiary/aromatic N) is 2. The molecule has 4 nitrogen and oxygen atoms in total. The van der Waals surface area contributed by atoms with E-state index < -0.39 is 5.97 Å². The van der Waals surface area contributed by atoms with Gasteiger partial charge in [-0.2, -0.15) is 0 Å². The molecular weight excluding hydrogens is 271 g/mol.